The van der Waals surface area contributed by atoms with E-state index in [9.17, 15) is 0 Å². The van der Waals surface area contributed by atoms with Crippen molar-refractivity contribution in [2.24, 2.45) is 17.8 Å². The van der Waals surface area contributed by atoms with Crippen LogP contribution >= 0.6 is 0 Å². The summed E-state index contributed by atoms with van der Waals surface area (Å²) in [6.45, 7) is 37.9. The Morgan fingerprint density at radius 1 is 0.515 bits per heavy atom. The normalized spacial score (nSPS) is 9.82. The second kappa shape index (κ2) is 42.1. The number of ether oxygens (including phenoxy) is 3. The van der Waals surface area contributed by atoms with E-state index in [0.717, 1.165) is 37.4 Å². The predicted molar refractivity (Wildman–Crippen MR) is 156 cm³/mol. The molecular weight excluding hydrogens is 408 g/mol. The van der Waals surface area contributed by atoms with E-state index >= 15 is 0 Å². The predicted octanol–water partition coefficient (Wildman–Crippen LogP) is 10.5. The molecule has 0 saturated heterocycles. The van der Waals surface area contributed by atoms with Crippen LogP contribution in [0.5, 0.6) is 0 Å². The molecule has 0 spiro atoms. The van der Waals surface area contributed by atoms with E-state index in [2.05, 4.69) is 83.1 Å². The van der Waals surface area contributed by atoms with Gasteiger partial charge in [-0.2, -0.15) is 0 Å². The molecule has 0 saturated carbocycles. The zero-order chi connectivity index (χ0) is 27.8. The molecule has 3 nitrogen and oxygen atoms in total. The summed E-state index contributed by atoms with van der Waals surface area (Å²) in [6, 6.07) is 0. The van der Waals surface area contributed by atoms with Crippen molar-refractivity contribution in [1.29, 1.82) is 0 Å². The van der Waals surface area contributed by atoms with E-state index in [1.54, 1.807) is 7.11 Å². The van der Waals surface area contributed by atoms with E-state index in [4.69, 9.17) is 14.2 Å². The van der Waals surface area contributed by atoms with Crippen molar-refractivity contribution >= 4 is 0 Å². The van der Waals surface area contributed by atoms with Crippen LogP contribution < -0.4 is 0 Å². The Bertz CT molecular complexity index is 239. The van der Waals surface area contributed by atoms with Crippen LogP contribution in [0, 0.1) is 17.8 Å². The molecule has 0 bridgehead atoms. The number of methoxy groups -OCH3 is 1. The quantitative estimate of drug-likeness (QED) is 0.328. The number of hydrogen-bond donors (Lipinski definition) is 0. The van der Waals surface area contributed by atoms with Gasteiger partial charge in [-0.3, -0.25) is 0 Å². The van der Waals surface area contributed by atoms with Gasteiger partial charge in [-0.25, -0.2) is 0 Å². The summed E-state index contributed by atoms with van der Waals surface area (Å²) >= 11 is 0. The number of hydrogen-bond acceptors (Lipinski definition) is 3. The van der Waals surface area contributed by atoms with Crippen molar-refractivity contribution in [3.63, 3.8) is 0 Å². The lowest BCUT2D eigenvalue weighted by atomic mass is 10.1. The highest BCUT2D eigenvalue weighted by Gasteiger charge is 1.87. The molecule has 0 aromatic heterocycles. The lowest BCUT2D eigenvalue weighted by Gasteiger charge is -2.03. The van der Waals surface area contributed by atoms with Gasteiger partial charge < -0.3 is 14.2 Å². The van der Waals surface area contributed by atoms with Gasteiger partial charge in [0.2, 0.25) is 0 Å². The molecule has 0 radical (unpaired) electrons. The second-order valence-electron chi connectivity index (χ2n) is 10.4. The van der Waals surface area contributed by atoms with Gasteiger partial charge >= 0.3 is 0 Å². The molecule has 0 rings (SSSR count). The average Bonchev–Trinajstić information content (AvgIpc) is 2.67. The Morgan fingerprint density at radius 3 is 0.879 bits per heavy atom. The van der Waals surface area contributed by atoms with Crippen LogP contribution in [0.4, 0.5) is 0 Å². The molecule has 0 fully saturated rings. The molecule has 0 amide bonds. The minimum Gasteiger partial charge on any atom is -0.382 e. The first-order valence-corrected chi connectivity index (χ1v) is 13.8. The highest BCUT2D eigenvalue weighted by Crippen LogP contribution is 2.00. The summed E-state index contributed by atoms with van der Waals surface area (Å²) in [4.78, 5) is 0. The van der Waals surface area contributed by atoms with E-state index in [1.165, 1.54) is 19.3 Å². The zero-order valence-corrected chi connectivity index (χ0v) is 26.9. The van der Waals surface area contributed by atoms with Crippen LogP contribution in [0.1, 0.15) is 143 Å². The Labute approximate surface area is 214 Å². The third-order valence-corrected chi connectivity index (χ3v) is 3.31. The number of rotatable bonds is 9. The summed E-state index contributed by atoms with van der Waals surface area (Å²) in [5.74, 6) is 2.62. The highest BCUT2D eigenvalue weighted by atomic mass is 16.5. The van der Waals surface area contributed by atoms with Crippen LogP contribution in [0.15, 0.2) is 0 Å². The first kappa shape index (κ1) is 46.2. The largest absolute Gasteiger partial charge is 0.382 e. The van der Waals surface area contributed by atoms with Crippen LogP contribution in [-0.2, 0) is 14.2 Å². The van der Waals surface area contributed by atoms with Crippen molar-refractivity contribution in [3.05, 3.63) is 0 Å². The summed E-state index contributed by atoms with van der Waals surface area (Å²) in [6.07, 6.45) is 6.32. The molecule has 0 aliphatic carbocycles. The highest BCUT2D eigenvalue weighted by molar-refractivity contribution is 4.39. The van der Waals surface area contributed by atoms with Crippen LogP contribution in [0.3, 0.4) is 0 Å². The molecule has 0 heterocycles. The molecule has 33 heavy (non-hydrogen) atoms. The summed E-state index contributed by atoms with van der Waals surface area (Å²) in [5.41, 5.74) is 0. The van der Waals surface area contributed by atoms with Crippen molar-refractivity contribution in [3.8, 4) is 0 Å². The van der Waals surface area contributed by atoms with Gasteiger partial charge in [-0.05, 0) is 72.6 Å². The fourth-order valence-corrected chi connectivity index (χ4v) is 1.26. The topological polar surface area (TPSA) is 27.7 Å². The lowest BCUT2D eigenvalue weighted by Crippen LogP contribution is -2.01. The maximum Gasteiger partial charge on any atom is 0.0518 e. The van der Waals surface area contributed by atoms with Crippen molar-refractivity contribution < 1.29 is 14.2 Å². The van der Waals surface area contributed by atoms with Crippen LogP contribution in [0.2, 0.25) is 0 Å². The molecule has 0 aromatic rings. The molecule has 0 N–H and O–H groups in total. The lowest BCUT2D eigenvalue weighted by molar-refractivity contribution is 0.0794. The molecule has 0 aliphatic rings. The van der Waals surface area contributed by atoms with E-state index < -0.39 is 0 Å². The molecule has 0 atom stereocenters. The maximum absolute atomic E-state index is 5.19. The smallest absolute Gasteiger partial charge is 0.0518 e. The van der Waals surface area contributed by atoms with Crippen LogP contribution in [0.25, 0.3) is 0 Å². The fraction of sp³-hybridized carbons (Fsp3) is 1.00. The van der Waals surface area contributed by atoms with Gasteiger partial charge in [0.05, 0.1) is 18.3 Å². The third kappa shape index (κ3) is 148. The SMILES string of the molecule is CC(C)C.CCC(C)C.CCCC(C)C.CCCOC(C)C.CCOC(C)C.COC(C)C. The standard InChI is InChI=1S/C6H14O.C6H14.C5H12O.C5H12.C4H10O.C4H10/c1-4-5-7-6(2)3;1-4-5-6(2)3;1-4-6-5(2)3;1-4-5(2)3;1-4(2)5-3;1-4(2)3/h6H,4-5H2,1-3H3;6H,4-5H2,1-3H3;5H,4H2,1-3H3;5H,4H2,1-3H3;4H,1-3H3;4H,1-3H3. The minimum absolute atomic E-state index is 0.384. The Balaban J connectivity index is -0.0000000668. The first-order chi connectivity index (χ1) is 15.1. The summed E-state index contributed by atoms with van der Waals surface area (Å²) in [5, 5.41) is 0. The third-order valence-electron chi connectivity index (χ3n) is 3.31. The summed E-state index contributed by atoms with van der Waals surface area (Å²) in [7, 11) is 1.70. The van der Waals surface area contributed by atoms with E-state index in [0.29, 0.717) is 18.3 Å². The molecular formula is C30H72O3. The van der Waals surface area contributed by atoms with Gasteiger partial charge in [0.25, 0.3) is 0 Å². The van der Waals surface area contributed by atoms with Gasteiger partial charge in [-0.1, -0.05) is 88.5 Å². The molecule has 0 aliphatic heterocycles. The molecule has 0 aromatic carbocycles. The summed E-state index contributed by atoms with van der Waals surface area (Å²) < 4.78 is 15.0. The van der Waals surface area contributed by atoms with Crippen LogP contribution in [-0.4, -0.2) is 38.6 Å². The molecule has 0 unspecified atom stereocenters. The van der Waals surface area contributed by atoms with Crippen molar-refractivity contribution in [2.45, 2.75) is 162 Å². The Kier molecular flexibility index (Phi) is 59.0. The van der Waals surface area contributed by atoms with Gasteiger partial charge in [0.1, 0.15) is 0 Å². The second-order valence-corrected chi connectivity index (χ2v) is 10.4. The zero-order valence-electron chi connectivity index (χ0n) is 26.9. The Morgan fingerprint density at radius 2 is 0.848 bits per heavy atom. The van der Waals surface area contributed by atoms with E-state index in [1.807, 2.05) is 34.6 Å². The van der Waals surface area contributed by atoms with Gasteiger partial charge in [-0.15, -0.1) is 0 Å². The monoisotopic (exact) mass is 481 g/mol. The maximum atomic E-state index is 5.19. The Hall–Kier alpha value is -0.120. The molecule has 210 valence electrons. The average molecular weight is 481 g/mol. The van der Waals surface area contributed by atoms with Gasteiger partial charge in [0, 0.05) is 20.3 Å². The van der Waals surface area contributed by atoms with E-state index in [-0.39, 0.29) is 0 Å². The van der Waals surface area contributed by atoms with Crippen molar-refractivity contribution in [2.75, 3.05) is 20.3 Å². The van der Waals surface area contributed by atoms with Crippen molar-refractivity contribution in [1.82, 2.24) is 0 Å². The molecule has 3 heteroatoms. The minimum atomic E-state index is 0.384. The van der Waals surface area contributed by atoms with Gasteiger partial charge in [0.15, 0.2) is 0 Å². The fourth-order valence-electron chi connectivity index (χ4n) is 1.26. The first-order valence-electron chi connectivity index (χ1n) is 13.8.